The lowest BCUT2D eigenvalue weighted by Gasteiger charge is -2.27. The number of halogens is 2. The SMILES string of the molecule is CCOC(=O)Cn1c(N2CC3(CCc4ccccc43)C(c3ccc(Cl)cc3)=N2)nn(Cc2ccc(Cl)cc2)c1=O. The molecule has 0 fully saturated rings. The first-order valence-corrected chi connectivity index (χ1v) is 13.9. The van der Waals surface area contributed by atoms with Crippen LogP contribution in [-0.4, -0.2) is 39.2 Å². The van der Waals surface area contributed by atoms with E-state index in [1.54, 1.807) is 24.1 Å². The third-order valence-electron chi connectivity index (χ3n) is 7.54. The zero-order valence-corrected chi connectivity index (χ0v) is 23.4. The number of hydrazone groups is 1. The van der Waals surface area contributed by atoms with E-state index in [2.05, 4.69) is 18.2 Å². The number of esters is 1. The Kier molecular flexibility index (Phi) is 6.98. The van der Waals surface area contributed by atoms with E-state index in [-0.39, 0.29) is 19.7 Å². The van der Waals surface area contributed by atoms with Crippen molar-refractivity contribution in [1.82, 2.24) is 14.3 Å². The van der Waals surface area contributed by atoms with Crippen molar-refractivity contribution in [3.63, 3.8) is 0 Å². The molecule has 8 nitrogen and oxygen atoms in total. The summed E-state index contributed by atoms with van der Waals surface area (Å²) in [7, 11) is 0. The fourth-order valence-corrected chi connectivity index (χ4v) is 5.95. The largest absolute Gasteiger partial charge is 0.465 e. The predicted octanol–water partition coefficient (Wildman–Crippen LogP) is 5.07. The van der Waals surface area contributed by atoms with Gasteiger partial charge in [0.05, 0.1) is 30.8 Å². The van der Waals surface area contributed by atoms with Gasteiger partial charge in [0.15, 0.2) is 0 Å². The number of ether oxygens (including phenoxy) is 1. The van der Waals surface area contributed by atoms with Gasteiger partial charge in [-0.05, 0) is 66.3 Å². The number of fused-ring (bicyclic) bond motifs is 2. The van der Waals surface area contributed by atoms with Crippen LogP contribution in [-0.2, 0) is 34.5 Å². The summed E-state index contributed by atoms with van der Waals surface area (Å²) in [5.74, 6) is -0.223. The van der Waals surface area contributed by atoms with Gasteiger partial charge in [-0.2, -0.15) is 5.10 Å². The molecular weight excluding hydrogens is 549 g/mol. The Bertz CT molecular complexity index is 1660. The Labute approximate surface area is 241 Å². The Morgan fingerprint density at radius 2 is 1.70 bits per heavy atom. The molecule has 0 amide bonds. The van der Waals surface area contributed by atoms with Gasteiger partial charge in [0.25, 0.3) is 0 Å². The van der Waals surface area contributed by atoms with E-state index < -0.39 is 17.1 Å². The summed E-state index contributed by atoms with van der Waals surface area (Å²) in [5, 5.41) is 12.8. The molecule has 0 saturated heterocycles. The van der Waals surface area contributed by atoms with Crippen LogP contribution in [0.1, 0.15) is 35.6 Å². The molecule has 40 heavy (non-hydrogen) atoms. The maximum absolute atomic E-state index is 13.6. The molecule has 1 aliphatic carbocycles. The molecule has 1 aliphatic heterocycles. The summed E-state index contributed by atoms with van der Waals surface area (Å²) < 4.78 is 7.88. The quantitative estimate of drug-likeness (QED) is 0.287. The van der Waals surface area contributed by atoms with Crippen molar-refractivity contribution < 1.29 is 9.53 Å². The second-order valence-corrected chi connectivity index (χ2v) is 10.9. The molecule has 0 radical (unpaired) electrons. The van der Waals surface area contributed by atoms with E-state index in [1.165, 1.54) is 20.4 Å². The highest BCUT2D eigenvalue weighted by atomic mass is 35.5. The Morgan fingerprint density at radius 3 is 2.42 bits per heavy atom. The summed E-state index contributed by atoms with van der Waals surface area (Å²) in [5.41, 5.74) is 4.35. The predicted molar refractivity (Wildman–Crippen MR) is 155 cm³/mol. The van der Waals surface area contributed by atoms with Gasteiger partial charge in [-0.1, -0.05) is 71.7 Å². The Hall–Kier alpha value is -3.88. The van der Waals surface area contributed by atoms with E-state index >= 15 is 0 Å². The number of nitrogens with zero attached hydrogens (tertiary/aromatic N) is 5. The maximum Gasteiger partial charge on any atom is 0.348 e. The van der Waals surface area contributed by atoms with Crippen LogP contribution in [0.15, 0.2) is 82.7 Å². The molecular formula is C30H27Cl2N5O3. The minimum absolute atomic E-state index is 0.213. The van der Waals surface area contributed by atoms with Gasteiger partial charge in [0.2, 0.25) is 5.95 Å². The van der Waals surface area contributed by atoms with E-state index in [4.69, 9.17) is 38.1 Å². The topological polar surface area (TPSA) is 81.7 Å². The summed E-state index contributed by atoms with van der Waals surface area (Å²) in [6.45, 7) is 2.37. The number of aromatic nitrogens is 3. The van der Waals surface area contributed by atoms with Gasteiger partial charge < -0.3 is 4.74 Å². The lowest BCUT2D eigenvalue weighted by atomic mass is 9.75. The monoisotopic (exact) mass is 575 g/mol. The molecule has 1 unspecified atom stereocenters. The third-order valence-corrected chi connectivity index (χ3v) is 8.04. The van der Waals surface area contributed by atoms with Crippen LogP contribution in [0, 0.1) is 0 Å². The number of hydrogen-bond donors (Lipinski definition) is 0. The first kappa shape index (κ1) is 26.3. The first-order chi connectivity index (χ1) is 19.4. The average molecular weight is 576 g/mol. The molecule has 0 N–H and O–H groups in total. The fourth-order valence-electron chi connectivity index (χ4n) is 5.70. The number of carbonyl (C=O) groups is 1. The third kappa shape index (κ3) is 4.71. The van der Waals surface area contributed by atoms with Crippen molar-refractivity contribution in [2.45, 2.75) is 38.3 Å². The maximum atomic E-state index is 13.6. The number of anilines is 1. The highest BCUT2D eigenvalue weighted by Crippen LogP contribution is 2.46. The number of hydrogen-bond acceptors (Lipinski definition) is 6. The van der Waals surface area contributed by atoms with Gasteiger partial charge in [0.1, 0.15) is 6.54 Å². The summed E-state index contributed by atoms with van der Waals surface area (Å²) >= 11 is 12.3. The minimum atomic E-state index is -0.515. The van der Waals surface area contributed by atoms with Crippen LogP contribution in [0.5, 0.6) is 0 Å². The molecule has 10 heteroatoms. The van der Waals surface area contributed by atoms with Crippen LogP contribution in [0.25, 0.3) is 0 Å². The fraction of sp³-hybridized carbons (Fsp3) is 0.267. The zero-order valence-electron chi connectivity index (χ0n) is 21.9. The number of benzene rings is 3. The zero-order chi connectivity index (χ0) is 27.9. The summed E-state index contributed by atoms with van der Waals surface area (Å²) in [6, 6.07) is 23.3. The molecule has 3 aromatic carbocycles. The first-order valence-electron chi connectivity index (χ1n) is 13.2. The van der Waals surface area contributed by atoms with Gasteiger partial charge in [-0.3, -0.25) is 4.79 Å². The molecule has 6 rings (SSSR count). The van der Waals surface area contributed by atoms with Gasteiger partial charge in [-0.25, -0.2) is 19.1 Å². The van der Waals surface area contributed by atoms with Gasteiger partial charge in [-0.15, -0.1) is 5.10 Å². The second-order valence-electron chi connectivity index (χ2n) is 10.0. The van der Waals surface area contributed by atoms with Crippen molar-refractivity contribution in [3.05, 3.63) is 116 Å². The van der Waals surface area contributed by atoms with E-state index in [0.29, 0.717) is 22.5 Å². The van der Waals surface area contributed by atoms with Crippen LogP contribution < -0.4 is 10.7 Å². The number of carbonyl (C=O) groups excluding carboxylic acids is 1. The molecule has 2 aliphatic rings. The van der Waals surface area contributed by atoms with Crippen molar-refractivity contribution in [3.8, 4) is 0 Å². The lowest BCUT2D eigenvalue weighted by molar-refractivity contribution is -0.143. The summed E-state index contributed by atoms with van der Waals surface area (Å²) in [4.78, 5) is 26.2. The lowest BCUT2D eigenvalue weighted by Crippen LogP contribution is -2.38. The average Bonchev–Trinajstić information content (AvgIpc) is 3.61. The normalized spacial score (nSPS) is 17.8. The van der Waals surface area contributed by atoms with E-state index in [0.717, 1.165) is 29.7 Å². The standard InChI is InChI=1S/C30H27Cl2N5O3/c1-2-40-26(38)18-35-28(34-36(29(35)39)17-20-7-11-23(31)12-8-20)37-19-30(16-15-21-5-3-4-6-25(21)30)27(33-37)22-9-13-24(32)14-10-22/h3-14H,2,15-19H2,1H3. The van der Waals surface area contributed by atoms with E-state index in [9.17, 15) is 9.59 Å². The molecule has 1 spiro atoms. The van der Waals surface area contributed by atoms with Crippen LogP contribution >= 0.6 is 23.2 Å². The van der Waals surface area contributed by atoms with Crippen molar-refractivity contribution in [1.29, 1.82) is 0 Å². The number of rotatable bonds is 7. The van der Waals surface area contributed by atoms with Gasteiger partial charge in [0, 0.05) is 10.0 Å². The molecule has 204 valence electrons. The van der Waals surface area contributed by atoms with E-state index in [1.807, 2.05) is 42.5 Å². The van der Waals surface area contributed by atoms with Crippen molar-refractivity contribution in [2.24, 2.45) is 5.10 Å². The highest BCUT2D eigenvalue weighted by molar-refractivity contribution is 6.31. The van der Waals surface area contributed by atoms with Crippen LogP contribution in [0.2, 0.25) is 10.0 Å². The van der Waals surface area contributed by atoms with Crippen LogP contribution in [0.3, 0.4) is 0 Å². The molecule has 1 aromatic heterocycles. The molecule has 4 aromatic rings. The number of aryl methyl sites for hydroxylation is 1. The highest BCUT2D eigenvalue weighted by Gasteiger charge is 2.49. The smallest absolute Gasteiger partial charge is 0.348 e. The second kappa shape index (κ2) is 10.6. The molecule has 2 heterocycles. The minimum Gasteiger partial charge on any atom is -0.465 e. The molecule has 0 saturated carbocycles. The summed E-state index contributed by atoms with van der Waals surface area (Å²) in [6.07, 6.45) is 1.77. The van der Waals surface area contributed by atoms with Crippen molar-refractivity contribution in [2.75, 3.05) is 18.2 Å². The Morgan fingerprint density at radius 1 is 1.00 bits per heavy atom. The van der Waals surface area contributed by atoms with Crippen molar-refractivity contribution >= 4 is 40.8 Å². The van der Waals surface area contributed by atoms with Gasteiger partial charge >= 0.3 is 11.7 Å². The Balaban J connectivity index is 1.46. The van der Waals surface area contributed by atoms with Crippen LogP contribution in [0.4, 0.5) is 5.95 Å². The molecule has 0 bridgehead atoms. The molecule has 1 atom stereocenters.